The minimum atomic E-state index is -0.0591. The van der Waals surface area contributed by atoms with Crippen molar-refractivity contribution in [2.45, 2.75) is 26.3 Å². The fourth-order valence-electron chi connectivity index (χ4n) is 4.39. The number of nitrogens with one attached hydrogen (secondary N) is 1. The Morgan fingerprint density at radius 1 is 0.914 bits per heavy atom. The van der Waals surface area contributed by atoms with Gasteiger partial charge in [-0.3, -0.25) is 4.79 Å². The van der Waals surface area contributed by atoms with E-state index in [9.17, 15) is 4.79 Å². The summed E-state index contributed by atoms with van der Waals surface area (Å²) in [4.78, 5) is 17.3. The Morgan fingerprint density at radius 3 is 2.57 bits per heavy atom. The van der Waals surface area contributed by atoms with Gasteiger partial charge in [0.25, 0.3) is 5.91 Å². The third-order valence-corrected chi connectivity index (χ3v) is 6.21. The van der Waals surface area contributed by atoms with Crippen LogP contribution in [0.5, 0.6) is 5.75 Å². The Bertz CT molecular complexity index is 1450. The summed E-state index contributed by atoms with van der Waals surface area (Å²) in [6.07, 6.45) is 1.52. The van der Waals surface area contributed by atoms with E-state index in [0.717, 1.165) is 46.5 Å². The van der Waals surface area contributed by atoms with Crippen LogP contribution in [0.25, 0.3) is 21.8 Å². The smallest absolute Gasteiger partial charge is 0.251 e. The van der Waals surface area contributed by atoms with Gasteiger partial charge in [-0.25, -0.2) is 4.98 Å². The van der Waals surface area contributed by atoms with Crippen LogP contribution in [0.1, 0.15) is 28.2 Å². The molecule has 0 radical (unpaired) electrons. The number of para-hydroxylation sites is 2. The molecule has 5 heteroatoms. The minimum absolute atomic E-state index is 0.0591. The molecule has 5 aromatic rings. The number of fused-ring (bicyclic) bond motifs is 2. The van der Waals surface area contributed by atoms with E-state index in [2.05, 4.69) is 34.1 Å². The highest BCUT2D eigenvalue weighted by Crippen LogP contribution is 2.25. The van der Waals surface area contributed by atoms with Crippen LogP contribution in [0.2, 0.25) is 0 Å². The Labute approximate surface area is 205 Å². The summed E-state index contributed by atoms with van der Waals surface area (Å²) < 4.78 is 8.40. The molecule has 0 unspecified atom stereocenters. The summed E-state index contributed by atoms with van der Waals surface area (Å²) in [6.45, 7) is 3.96. The van der Waals surface area contributed by atoms with E-state index < -0.39 is 0 Å². The molecule has 0 atom stereocenters. The quantitative estimate of drug-likeness (QED) is 0.275. The van der Waals surface area contributed by atoms with Gasteiger partial charge in [-0.2, -0.15) is 0 Å². The third kappa shape index (κ3) is 5.19. The molecular formula is C30H29N3O2. The molecule has 5 rings (SSSR count). The van der Waals surface area contributed by atoms with Crippen LogP contribution in [0.3, 0.4) is 0 Å². The Hall–Kier alpha value is -4.12. The summed E-state index contributed by atoms with van der Waals surface area (Å²) in [5.41, 5.74) is 3.90. The first kappa shape index (κ1) is 22.7. The molecule has 1 heterocycles. The molecule has 35 heavy (non-hydrogen) atoms. The first-order chi connectivity index (χ1) is 17.2. The normalized spacial score (nSPS) is 11.1. The molecule has 1 amide bonds. The number of aromatic nitrogens is 2. The van der Waals surface area contributed by atoms with Crippen molar-refractivity contribution >= 4 is 27.7 Å². The molecule has 0 spiro atoms. The minimum Gasteiger partial charge on any atom is -0.493 e. The van der Waals surface area contributed by atoms with Gasteiger partial charge >= 0.3 is 0 Å². The molecule has 0 aliphatic rings. The van der Waals surface area contributed by atoms with Crippen molar-refractivity contribution in [3.8, 4) is 5.75 Å². The summed E-state index contributed by atoms with van der Waals surface area (Å²) in [6, 6.07) is 30.2. The highest BCUT2D eigenvalue weighted by molar-refractivity contribution is 5.94. The van der Waals surface area contributed by atoms with Crippen LogP contribution in [0, 0.1) is 6.92 Å². The van der Waals surface area contributed by atoms with E-state index >= 15 is 0 Å². The number of ether oxygens (including phenoxy) is 1. The van der Waals surface area contributed by atoms with Crippen molar-refractivity contribution in [1.29, 1.82) is 0 Å². The number of carbonyl (C=O) groups is 1. The van der Waals surface area contributed by atoms with E-state index in [4.69, 9.17) is 9.72 Å². The number of amides is 1. The van der Waals surface area contributed by atoms with Crippen molar-refractivity contribution in [2.24, 2.45) is 0 Å². The van der Waals surface area contributed by atoms with Gasteiger partial charge in [-0.05, 0) is 49.1 Å². The van der Waals surface area contributed by atoms with Gasteiger partial charge in [-0.15, -0.1) is 0 Å². The van der Waals surface area contributed by atoms with Crippen LogP contribution in [0.15, 0.2) is 91.0 Å². The maximum atomic E-state index is 12.5. The highest BCUT2D eigenvalue weighted by Gasteiger charge is 2.12. The number of imidazole rings is 1. The molecule has 4 aromatic carbocycles. The second-order valence-corrected chi connectivity index (χ2v) is 8.72. The molecule has 0 saturated carbocycles. The first-order valence-corrected chi connectivity index (χ1v) is 12.1. The molecule has 0 aliphatic carbocycles. The number of nitrogens with zero attached hydrogens (tertiary/aromatic N) is 2. The number of hydrogen-bond acceptors (Lipinski definition) is 3. The monoisotopic (exact) mass is 463 g/mol. The zero-order valence-electron chi connectivity index (χ0n) is 19.9. The number of hydrogen-bond donors (Lipinski definition) is 1. The number of aryl methyl sites for hydroxylation is 2. The summed E-state index contributed by atoms with van der Waals surface area (Å²) >= 11 is 0. The van der Waals surface area contributed by atoms with E-state index in [1.54, 1.807) is 0 Å². The molecular weight excluding hydrogens is 434 g/mol. The molecule has 0 aliphatic heterocycles. The second-order valence-electron chi connectivity index (χ2n) is 8.72. The Morgan fingerprint density at radius 2 is 1.69 bits per heavy atom. The van der Waals surface area contributed by atoms with Crippen molar-refractivity contribution in [2.75, 3.05) is 13.2 Å². The topological polar surface area (TPSA) is 56.2 Å². The average Bonchev–Trinajstić information content (AvgIpc) is 3.24. The standard InChI is InChI=1S/C30H29N3O2/c1-22-14-16-24(17-15-22)30(34)31-19-18-29-32-26-11-4-5-12-27(26)33(29)20-7-21-35-28-13-6-9-23-8-2-3-10-25(23)28/h2-6,8-17H,7,18-21H2,1H3,(H,31,34). The van der Waals surface area contributed by atoms with Gasteiger partial charge in [0.1, 0.15) is 11.6 Å². The van der Waals surface area contributed by atoms with E-state index in [-0.39, 0.29) is 5.91 Å². The summed E-state index contributed by atoms with van der Waals surface area (Å²) in [5.74, 6) is 1.83. The summed E-state index contributed by atoms with van der Waals surface area (Å²) in [7, 11) is 0. The molecule has 176 valence electrons. The molecule has 0 saturated heterocycles. The molecule has 1 aromatic heterocycles. The van der Waals surface area contributed by atoms with Gasteiger partial charge in [0.05, 0.1) is 17.6 Å². The Kier molecular flexibility index (Phi) is 6.75. The van der Waals surface area contributed by atoms with Gasteiger partial charge in [0, 0.05) is 30.5 Å². The largest absolute Gasteiger partial charge is 0.493 e. The number of benzene rings is 4. The van der Waals surface area contributed by atoms with Crippen LogP contribution in [0.4, 0.5) is 0 Å². The molecule has 0 bridgehead atoms. The summed E-state index contributed by atoms with van der Waals surface area (Å²) in [5, 5.41) is 5.34. The SMILES string of the molecule is Cc1ccc(C(=O)NCCc2nc3ccccc3n2CCCOc2cccc3ccccc23)cc1. The second kappa shape index (κ2) is 10.4. The van der Waals surface area contributed by atoms with E-state index in [1.165, 1.54) is 5.39 Å². The van der Waals surface area contributed by atoms with Gasteiger partial charge < -0.3 is 14.6 Å². The Balaban J connectivity index is 1.23. The fraction of sp³-hybridized carbons (Fsp3) is 0.200. The predicted octanol–water partition coefficient (Wildman–Crippen LogP) is 5.94. The van der Waals surface area contributed by atoms with Gasteiger partial charge in [-0.1, -0.05) is 66.2 Å². The number of rotatable bonds is 9. The maximum absolute atomic E-state index is 12.5. The van der Waals surface area contributed by atoms with Crippen molar-refractivity contribution in [3.63, 3.8) is 0 Å². The lowest BCUT2D eigenvalue weighted by atomic mass is 10.1. The van der Waals surface area contributed by atoms with Gasteiger partial charge in [0.15, 0.2) is 0 Å². The maximum Gasteiger partial charge on any atom is 0.251 e. The third-order valence-electron chi connectivity index (χ3n) is 6.21. The average molecular weight is 464 g/mol. The highest BCUT2D eigenvalue weighted by atomic mass is 16.5. The predicted molar refractivity (Wildman–Crippen MR) is 141 cm³/mol. The molecule has 5 nitrogen and oxygen atoms in total. The van der Waals surface area contributed by atoms with Crippen LogP contribution in [-0.2, 0) is 13.0 Å². The van der Waals surface area contributed by atoms with Crippen molar-refractivity contribution in [3.05, 3.63) is 108 Å². The molecule has 1 N–H and O–H groups in total. The zero-order valence-corrected chi connectivity index (χ0v) is 19.9. The molecule has 0 fully saturated rings. The number of carbonyl (C=O) groups excluding carboxylic acids is 1. The van der Waals surface area contributed by atoms with Crippen LogP contribution in [-0.4, -0.2) is 28.6 Å². The first-order valence-electron chi connectivity index (χ1n) is 12.1. The van der Waals surface area contributed by atoms with Gasteiger partial charge in [0.2, 0.25) is 0 Å². The lowest BCUT2D eigenvalue weighted by Gasteiger charge is -2.12. The zero-order chi connectivity index (χ0) is 24.0. The van der Waals surface area contributed by atoms with E-state index in [1.807, 2.05) is 73.7 Å². The van der Waals surface area contributed by atoms with Crippen molar-refractivity contribution < 1.29 is 9.53 Å². The fourth-order valence-corrected chi connectivity index (χ4v) is 4.39. The lowest BCUT2D eigenvalue weighted by Crippen LogP contribution is -2.26. The van der Waals surface area contributed by atoms with E-state index in [0.29, 0.717) is 25.1 Å². The van der Waals surface area contributed by atoms with Crippen LogP contribution >= 0.6 is 0 Å². The van der Waals surface area contributed by atoms with Crippen molar-refractivity contribution in [1.82, 2.24) is 14.9 Å². The lowest BCUT2D eigenvalue weighted by molar-refractivity contribution is 0.0954. The van der Waals surface area contributed by atoms with Crippen LogP contribution < -0.4 is 10.1 Å².